The monoisotopic (exact) mass is 241 g/mol. The van der Waals surface area contributed by atoms with E-state index < -0.39 is 0 Å². The predicted molar refractivity (Wildman–Crippen MR) is 71.0 cm³/mol. The molecule has 1 unspecified atom stereocenters. The fourth-order valence-electron chi connectivity index (χ4n) is 2.26. The quantitative estimate of drug-likeness (QED) is 0.724. The van der Waals surface area contributed by atoms with Gasteiger partial charge in [0, 0.05) is 32.1 Å². The maximum atomic E-state index is 11.6. The van der Waals surface area contributed by atoms with Crippen LogP contribution in [0.15, 0.2) is 0 Å². The Kier molecular flexibility index (Phi) is 6.52. The van der Waals surface area contributed by atoms with Gasteiger partial charge in [-0.15, -0.1) is 0 Å². The van der Waals surface area contributed by atoms with Crippen molar-refractivity contribution in [2.45, 2.75) is 39.2 Å². The van der Waals surface area contributed by atoms with Crippen LogP contribution < -0.4 is 10.6 Å². The van der Waals surface area contributed by atoms with E-state index >= 15 is 0 Å². The number of nitrogens with zero attached hydrogens (tertiary/aromatic N) is 1. The second-order valence-electron chi connectivity index (χ2n) is 5.43. The molecule has 4 nitrogen and oxygen atoms in total. The molecule has 0 spiro atoms. The fraction of sp³-hybridized carbons (Fsp3) is 0.923. The van der Waals surface area contributed by atoms with Gasteiger partial charge in [-0.05, 0) is 32.4 Å². The Bertz CT molecular complexity index is 231. The number of piperidine rings is 1. The van der Waals surface area contributed by atoms with Crippen molar-refractivity contribution in [1.29, 1.82) is 0 Å². The molecule has 1 atom stereocenters. The normalized spacial score (nSPS) is 21.8. The molecule has 17 heavy (non-hydrogen) atoms. The van der Waals surface area contributed by atoms with E-state index in [1.807, 2.05) is 0 Å². The number of hydrogen-bond acceptors (Lipinski definition) is 3. The van der Waals surface area contributed by atoms with E-state index in [2.05, 4.69) is 36.4 Å². The molecule has 1 aliphatic heterocycles. The molecule has 100 valence electrons. The Morgan fingerprint density at radius 3 is 2.88 bits per heavy atom. The summed E-state index contributed by atoms with van der Waals surface area (Å²) in [6.07, 6.45) is 3.08. The van der Waals surface area contributed by atoms with E-state index in [0.717, 1.165) is 19.6 Å². The molecule has 0 radical (unpaired) electrons. The maximum Gasteiger partial charge on any atom is 0.221 e. The van der Waals surface area contributed by atoms with Gasteiger partial charge in [0.2, 0.25) is 5.91 Å². The van der Waals surface area contributed by atoms with Gasteiger partial charge in [0.15, 0.2) is 0 Å². The van der Waals surface area contributed by atoms with Gasteiger partial charge >= 0.3 is 0 Å². The zero-order valence-electron chi connectivity index (χ0n) is 11.5. The van der Waals surface area contributed by atoms with Crippen molar-refractivity contribution in [3.63, 3.8) is 0 Å². The van der Waals surface area contributed by atoms with Crippen molar-refractivity contribution in [3.8, 4) is 0 Å². The highest BCUT2D eigenvalue weighted by Crippen LogP contribution is 2.13. The molecule has 1 fully saturated rings. The molecule has 0 aromatic carbocycles. The first-order valence-electron chi connectivity index (χ1n) is 6.76. The fourth-order valence-corrected chi connectivity index (χ4v) is 2.26. The van der Waals surface area contributed by atoms with E-state index in [4.69, 9.17) is 0 Å². The van der Waals surface area contributed by atoms with Gasteiger partial charge in [0.25, 0.3) is 0 Å². The highest BCUT2D eigenvalue weighted by atomic mass is 16.1. The Morgan fingerprint density at radius 2 is 2.24 bits per heavy atom. The molecule has 1 heterocycles. The number of amides is 1. The average molecular weight is 241 g/mol. The Hall–Kier alpha value is -0.610. The summed E-state index contributed by atoms with van der Waals surface area (Å²) in [7, 11) is 2.15. The summed E-state index contributed by atoms with van der Waals surface area (Å²) < 4.78 is 0. The van der Waals surface area contributed by atoms with Crippen LogP contribution in [0.2, 0.25) is 0 Å². The Labute approximate surface area is 105 Å². The summed E-state index contributed by atoms with van der Waals surface area (Å²) in [5.74, 6) is 0.808. The van der Waals surface area contributed by atoms with Crippen LogP contribution >= 0.6 is 0 Å². The number of hydrogen-bond donors (Lipinski definition) is 2. The number of carbonyl (C=O) groups excluding carboxylic acids is 1. The van der Waals surface area contributed by atoms with E-state index in [9.17, 15) is 4.79 Å². The van der Waals surface area contributed by atoms with Crippen molar-refractivity contribution >= 4 is 5.91 Å². The first-order valence-corrected chi connectivity index (χ1v) is 6.76. The Balaban J connectivity index is 2.06. The number of rotatable bonds is 6. The van der Waals surface area contributed by atoms with Gasteiger partial charge in [0.05, 0.1) is 0 Å². The molecule has 1 amide bonds. The topological polar surface area (TPSA) is 44.4 Å². The zero-order chi connectivity index (χ0) is 12.7. The minimum Gasteiger partial charge on any atom is -0.356 e. The van der Waals surface area contributed by atoms with E-state index in [1.54, 1.807) is 0 Å². The lowest BCUT2D eigenvalue weighted by atomic mass is 9.98. The summed E-state index contributed by atoms with van der Waals surface area (Å²) >= 11 is 0. The molecule has 0 aromatic heterocycles. The van der Waals surface area contributed by atoms with Crippen LogP contribution in [-0.4, -0.2) is 50.1 Å². The average Bonchev–Trinajstić information content (AvgIpc) is 2.26. The van der Waals surface area contributed by atoms with Gasteiger partial charge in [0.1, 0.15) is 0 Å². The Morgan fingerprint density at radius 1 is 1.47 bits per heavy atom. The lowest BCUT2D eigenvalue weighted by Crippen LogP contribution is -2.39. The van der Waals surface area contributed by atoms with Gasteiger partial charge in [-0.2, -0.15) is 0 Å². The SMILES string of the molecule is CC(C)NCCC(=O)NCC1CCCN(C)C1. The molecule has 0 aliphatic carbocycles. The van der Waals surface area contributed by atoms with Gasteiger partial charge in [-0.25, -0.2) is 0 Å². The number of nitrogens with one attached hydrogen (secondary N) is 2. The summed E-state index contributed by atoms with van der Waals surface area (Å²) in [5.41, 5.74) is 0. The molecule has 2 N–H and O–H groups in total. The molecule has 4 heteroatoms. The second-order valence-corrected chi connectivity index (χ2v) is 5.43. The van der Waals surface area contributed by atoms with Crippen molar-refractivity contribution in [2.75, 3.05) is 33.2 Å². The lowest BCUT2D eigenvalue weighted by molar-refractivity contribution is -0.121. The smallest absolute Gasteiger partial charge is 0.221 e. The highest BCUT2D eigenvalue weighted by Gasteiger charge is 2.17. The van der Waals surface area contributed by atoms with E-state index in [1.165, 1.54) is 19.4 Å². The van der Waals surface area contributed by atoms with Crippen LogP contribution in [0, 0.1) is 5.92 Å². The molecule has 1 aliphatic rings. The lowest BCUT2D eigenvalue weighted by Gasteiger charge is -2.29. The predicted octanol–water partition coefficient (Wildman–Crippen LogP) is 0.833. The van der Waals surface area contributed by atoms with Gasteiger partial charge in [-0.1, -0.05) is 13.8 Å². The summed E-state index contributed by atoms with van der Waals surface area (Å²) in [6.45, 7) is 8.11. The molecule has 1 rings (SSSR count). The number of carbonyl (C=O) groups is 1. The third kappa shape index (κ3) is 6.64. The molecule has 0 aromatic rings. The van der Waals surface area contributed by atoms with Crippen molar-refractivity contribution in [1.82, 2.24) is 15.5 Å². The third-order valence-corrected chi connectivity index (χ3v) is 3.21. The van der Waals surface area contributed by atoms with Crippen LogP contribution in [0.1, 0.15) is 33.1 Å². The zero-order valence-corrected chi connectivity index (χ0v) is 11.5. The molecule has 0 bridgehead atoms. The van der Waals surface area contributed by atoms with Crippen LogP contribution in [0.25, 0.3) is 0 Å². The summed E-state index contributed by atoms with van der Waals surface area (Å²) in [5, 5.41) is 6.29. The first kappa shape index (κ1) is 14.5. The van der Waals surface area contributed by atoms with Crippen LogP contribution in [0.4, 0.5) is 0 Å². The van der Waals surface area contributed by atoms with E-state index in [-0.39, 0.29) is 5.91 Å². The maximum absolute atomic E-state index is 11.6. The van der Waals surface area contributed by atoms with Gasteiger partial charge < -0.3 is 15.5 Å². The highest BCUT2D eigenvalue weighted by molar-refractivity contribution is 5.76. The minimum absolute atomic E-state index is 0.173. The van der Waals surface area contributed by atoms with Crippen molar-refractivity contribution in [2.24, 2.45) is 5.92 Å². The first-order chi connectivity index (χ1) is 8.08. The van der Waals surface area contributed by atoms with E-state index in [0.29, 0.717) is 18.4 Å². The molecular weight excluding hydrogens is 214 g/mol. The standard InChI is InChI=1S/C13H27N3O/c1-11(2)14-7-6-13(17)15-9-12-5-4-8-16(3)10-12/h11-12,14H,4-10H2,1-3H3,(H,15,17). The number of likely N-dealkylation sites (tertiary alicyclic amines) is 1. The molecule has 0 saturated carbocycles. The van der Waals surface area contributed by atoms with Crippen molar-refractivity contribution < 1.29 is 4.79 Å². The largest absolute Gasteiger partial charge is 0.356 e. The van der Waals surface area contributed by atoms with Crippen molar-refractivity contribution in [3.05, 3.63) is 0 Å². The minimum atomic E-state index is 0.173. The third-order valence-electron chi connectivity index (χ3n) is 3.21. The summed E-state index contributed by atoms with van der Waals surface area (Å²) in [4.78, 5) is 13.9. The van der Waals surface area contributed by atoms with Crippen LogP contribution in [0.3, 0.4) is 0 Å². The van der Waals surface area contributed by atoms with Crippen LogP contribution in [-0.2, 0) is 4.79 Å². The molecule has 1 saturated heterocycles. The van der Waals surface area contributed by atoms with Gasteiger partial charge in [-0.3, -0.25) is 4.79 Å². The summed E-state index contributed by atoms with van der Waals surface area (Å²) in [6, 6.07) is 0.454. The van der Waals surface area contributed by atoms with Crippen LogP contribution in [0.5, 0.6) is 0 Å². The second kappa shape index (κ2) is 7.67. The molecular formula is C13H27N3O.